The molecule has 0 aromatic heterocycles. The zero-order chi connectivity index (χ0) is 27.9. The molecule has 0 aliphatic rings. The van der Waals surface area contributed by atoms with Crippen LogP contribution in [-0.2, 0) is 4.79 Å². The fraction of sp³-hybridized carbons (Fsp3) is 0.912. The van der Waals surface area contributed by atoms with Gasteiger partial charge in [0.2, 0.25) is 5.91 Å². The molecule has 38 heavy (non-hydrogen) atoms. The van der Waals surface area contributed by atoms with Gasteiger partial charge in [0.25, 0.3) is 0 Å². The van der Waals surface area contributed by atoms with Crippen molar-refractivity contribution in [3.8, 4) is 0 Å². The molecule has 4 nitrogen and oxygen atoms in total. The van der Waals surface area contributed by atoms with Crippen molar-refractivity contribution in [2.75, 3.05) is 6.61 Å². The molecule has 0 aromatic carbocycles. The van der Waals surface area contributed by atoms with Crippen LogP contribution in [0.25, 0.3) is 0 Å². The van der Waals surface area contributed by atoms with E-state index in [9.17, 15) is 15.0 Å². The lowest BCUT2D eigenvalue weighted by Crippen LogP contribution is -2.45. The number of nitrogens with one attached hydrogen (secondary N) is 1. The van der Waals surface area contributed by atoms with Gasteiger partial charge in [0, 0.05) is 6.42 Å². The highest BCUT2D eigenvalue weighted by molar-refractivity contribution is 5.76. The molecule has 1 amide bonds. The van der Waals surface area contributed by atoms with E-state index in [1.165, 1.54) is 135 Å². The molecule has 4 heteroatoms. The Balaban J connectivity index is 3.53. The number of hydrogen-bond acceptors (Lipinski definition) is 3. The zero-order valence-corrected chi connectivity index (χ0v) is 25.7. The van der Waals surface area contributed by atoms with Gasteiger partial charge in [-0.3, -0.25) is 4.79 Å². The lowest BCUT2D eigenvalue weighted by molar-refractivity contribution is -0.123. The van der Waals surface area contributed by atoms with E-state index in [-0.39, 0.29) is 12.5 Å². The summed E-state index contributed by atoms with van der Waals surface area (Å²) >= 11 is 0. The summed E-state index contributed by atoms with van der Waals surface area (Å²) in [7, 11) is 0. The topological polar surface area (TPSA) is 69.6 Å². The normalized spacial score (nSPS) is 13.3. The van der Waals surface area contributed by atoms with E-state index in [4.69, 9.17) is 0 Å². The first-order valence-corrected chi connectivity index (χ1v) is 16.9. The first-order chi connectivity index (χ1) is 18.7. The molecule has 2 atom stereocenters. The van der Waals surface area contributed by atoms with Crippen molar-refractivity contribution in [1.82, 2.24) is 5.32 Å². The van der Waals surface area contributed by atoms with Crippen molar-refractivity contribution in [3.63, 3.8) is 0 Å². The van der Waals surface area contributed by atoms with Crippen LogP contribution in [0.2, 0.25) is 0 Å². The molecule has 0 rings (SSSR count). The predicted octanol–water partition coefficient (Wildman–Crippen LogP) is 9.56. The van der Waals surface area contributed by atoms with Crippen LogP contribution in [0.1, 0.15) is 181 Å². The van der Waals surface area contributed by atoms with Crippen molar-refractivity contribution >= 4 is 5.91 Å². The van der Waals surface area contributed by atoms with Crippen molar-refractivity contribution in [3.05, 3.63) is 12.2 Å². The van der Waals surface area contributed by atoms with Crippen LogP contribution < -0.4 is 5.32 Å². The second-order valence-electron chi connectivity index (χ2n) is 11.6. The van der Waals surface area contributed by atoms with Crippen LogP contribution in [0.5, 0.6) is 0 Å². The minimum absolute atomic E-state index is 0.0658. The lowest BCUT2D eigenvalue weighted by Gasteiger charge is -2.20. The first-order valence-electron chi connectivity index (χ1n) is 16.9. The van der Waals surface area contributed by atoms with E-state index in [2.05, 4.69) is 19.2 Å². The third-order valence-electron chi connectivity index (χ3n) is 7.77. The smallest absolute Gasteiger partial charge is 0.220 e. The lowest BCUT2D eigenvalue weighted by atomic mass is 10.0. The minimum atomic E-state index is -0.829. The summed E-state index contributed by atoms with van der Waals surface area (Å²) in [6, 6.07) is -0.612. The van der Waals surface area contributed by atoms with Gasteiger partial charge in [-0.05, 0) is 19.3 Å². The molecule has 0 aliphatic heterocycles. The number of carbonyl (C=O) groups is 1. The van der Waals surface area contributed by atoms with Crippen LogP contribution in [0.3, 0.4) is 0 Å². The molecule has 2 unspecified atom stereocenters. The standard InChI is InChI=1S/C34H67NO3/c1-3-5-7-9-11-13-14-15-16-17-18-19-20-21-22-24-26-28-30-34(38)35-32(31-36)33(37)29-27-25-23-12-10-8-6-4-2/h27,29,32-33,36-37H,3-26,28,30-31H2,1-2H3,(H,35,38)/b29-27+. The van der Waals surface area contributed by atoms with Crippen LogP contribution in [-0.4, -0.2) is 34.9 Å². The van der Waals surface area contributed by atoms with Crippen LogP contribution in [0, 0.1) is 0 Å². The van der Waals surface area contributed by atoms with Gasteiger partial charge in [-0.1, -0.05) is 167 Å². The fourth-order valence-electron chi connectivity index (χ4n) is 5.12. The average Bonchev–Trinajstić information content (AvgIpc) is 2.92. The third-order valence-corrected chi connectivity index (χ3v) is 7.77. The quantitative estimate of drug-likeness (QED) is 0.0631. The Bertz CT molecular complexity index is 508. The van der Waals surface area contributed by atoms with Crippen molar-refractivity contribution < 1.29 is 15.0 Å². The fourth-order valence-corrected chi connectivity index (χ4v) is 5.12. The monoisotopic (exact) mass is 538 g/mol. The zero-order valence-electron chi connectivity index (χ0n) is 25.7. The predicted molar refractivity (Wildman–Crippen MR) is 166 cm³/mol. The maximum Gasteiger partial charge on any atom is 0.220 e. The van der Waals surface area contributed by atoms with E-state index in [1.807, 2.05) is 6.08 Å². The molecule has 0 bridgehead atoms. The summed E-state index contributed by atoms with van der Waals surface area (Å²) in [5, 5.41) is 22.7. The summed E-state index contributed by atoms with van der Waals surface area (Å²) in [6.45, 7) is 4.26. The molecule has 0 aliphatic carbocycles. The Morgan fingerprint density at radius 1 is 0.605 bits per heavy atom. The van der Waals surface area contributed by atoms with Gasteiger partial charge in [-0.2, -0.15) is 0 Å². The molecule has 0 aromatic rings. The molecular weight excluding hydrogens is 470 g/mol. The molecular formula is C34H67NO3. The third kappa shape index (κ3) is 26.7. The summed E-state index contributed by atoms with van der Waals surface area (Å²) in [6.07, 6.45) is 35.8. The van der Waals surface area contributed by atoms with Crippen molar-refractivity contribution in [1.29, 1.82) is 0 Å². The number of rotatable bonds is 30. The summed E-state index contributed by atoms with van der Waals surface area (Å²) in [5.41, 5.74) is 0. The Hall–Kier alpha value is -0.870. The second kappa shape index (κ2) is 30.7. The number of hydrogen-bond donors (Lipinski definition) is 3. The molecule has 226 valence electrons. The Morgan fingerprint density at radius 2 is 0.974 bits per heavy atom. The molecule has 0 spiro atoms. The van der Waals surface area contributed by atoms with E-state index < -0.39 is 12.1 Å². The van der Waals surface area contributed by atoms with Gasteiger partial charge < -0.3 is 15.5 Å². The molecule has 0 fully saturated rings. The molecule has 0 saturated carbocycles. The van der Waals surface area contributed by atoms with Gasteiger partial charge in [0.1, 0.15) is 0 Å². The highest BCUT2D eigenvalue weighted by Crippen LogP contribution is 2.15. The van der Waals surface area contributed by atoms with Crippen LogP contribution in [0.15, 0.2) is 12.2 Å². The molecule has 0 heterocycles. The number of aliphatic hydroxyl groups is 2. The van der Waals surface area contributed by atoms with E-state index in [0.29, 0.717) is 6.42 Å². The van der Waals surface area contributed by atoms with Gasteiger partial charge in [-0.15, -0.1) is 0 Å². The van der Waals surface area contributed by atoms with E-state index in [1.54, 1.807) is 6.08 Å². The second-order valence-corrected chi connectivity index (χ2v) is 11.6. The highest BCUT2D eigenvalue weighted by atomic mass is 16.3. The number of amides is 1. The minimum Gasteiger partial charge on any atom is -0.394 e. The molecule has 0 saturated heterocycles. The van der Waals surface area contributed by atoms with Gasteiger partial charge in [-0.25, -0.2) is 0 Å². The Kier molecular flexibility index (Phi) is 30.0. The number of aliphatic hydroxyl groups excluding tert-OH is 2. The Labute approximate surface area is 237 Å². The summed E-state index contributed by atoms with van der Waals surface area (Å²) in [4.78, 5) is 12.2. The number of allylic oxidation sites excluding steroid dienone is 1. The maximum atomic E-state index is 12.2. The van der Waals surface area contributed by atoms with Gasteiger partial charge in [0.05, 0.1) is 18.8 Å². The number of unbranched alkanes of at least 4 members (excludes halogenated alkanes) is 23. The molecule has 0 radical (unpaired) electrons. The average molecular weight is 538 g/mol. The first kappa shape index (κ1) is 37.1. The van der Waals surface area contributed by atoms with Crippen LogP contribution in [0.4, 0.5) is 0 Å². The highest BCUT2D eigenvalue weighted by Gasteiger charge is 2.17. The summed E-state index contributed by atoms with van der Waals surface area (Å²) in [5.74, 6) is -0.0658. The van der Waals surface area contributed by atoms with Crippen molar-refractivity contribution in [2.24, 2.45) is 0 Å². The Morgan fingerprint density at radius 3 is 1.37 bits per heavy atom. The van der Waals surface area contributed by atoms with Crippen molar-refractivity contribution in [2.45, 2.75) is 193 Å². The molecule has 3 N–H and O–H groups in total. The SMILES string of the molecule is CCCCCCCC/C=C/C(O)C(CO)NC(=O)CCCCCCCCCCCCCCCCCCCC. The van der Waals surface area contributed by atoms with Crippen LogP contribution >= 0.6 is 0 Å². The maximum absolute atomic E-state index is 12.2. The largest absolute Gasteiger partial charge is 0.394 e. The number of carbonyl (C=O) groups excluding carboxylic acids is 1. The van der Waals surface area contributed by atoms with E-state index in [0.717, 1.165) is 25.7 Å². The summed E-state index contributed by atoms with van der Waals surface area (Å²) < 4.78 is 0. The van der Waals surface area contributed by atoms with Gasteiger partial charge in [0.15, 0.2) is 0 Å². The van der Waals surface area contributed by atoms with E-state index >= 15 is 0 Å². The van der Waals surface area contributed by atoms with Gasteiger partial charge >= 0.3 is 0 Å².